The van der Waals surface area contributed by atoms with Gasteiger partial charge in [-0.2, -0.15) is 0 Å². The SMILES string of the molecule is Cc1ccc(CNC(=O)c2ccc(NCc3ccccc3F)nn2)cc1. The fourth-order valence-corrected chi connectivity index (χ4v) is 2.35. The Hall–Kier alpha value is -3.28. The number of hydrogen-bond donors (Lipinski definition) is 2. The first-order valence-electron chi connectivity index (χ1n) is 8.26. The second kappa shape index (κ2) is 8.20. The van der Waals surface area contributed by atoms with Crippen LogP contribution in [-0.4, -0.2) is 16.1 Å². The highest BCUT2D eigenvalue weighted by Gasteiger charge is 2.08. The molecule has 0 spiro atoms. The molecular formula is C20H19FN4O. The van der Waals surface area contributed by atoms with Crippen LogP contribution in [0.25, 0.3) is 0 Å². The van der Waals surface area contributed by atoms with E-state index in [4.69, 9.17) is 0 Å². The summed E-state index contributed by atoms with van der Waals surface area (Å²) in [5.41, 5.74) is 2.95. The van der Waals surface area contributed by atoms with Gasteiger partial charge in [0, 0.05) is 18.7 Å². The number of nitrogens with zero attached hydrogens (tertiary/aromatic N) is 2. The number of carbonyl (C=O) groups excluding carboxylic acids is 1. The Balaban J connectivity index is 1.54. The molecule has 1 aromatic heterocycles. The van der Waals surface area contributed by atoms with Crippen LogP contribution in [-0.2, 0) is 13.1 Å². The Labute approximate surface area is 151 Å². The maximum Gasteiger partial charge on any atom is 0.272 e. The largest absolute Gasteiger partial charge is 0.364 e. The molecule has 0 unspecified atom stereocenters. The Kier molecular flexibility index (Phi) is 5.53. The fourth-order valence-electron chi connectivity index (χ4n) is 2.35. The van der Waals surface area contributed by atoms with Crippen LogP contribution in [0.1, 0.15) is 27.2 Å². The summed E-state index contributed by atoms with van der Waals surface area (Å²) < 4.78 is 13.6. The topological polar surface area (TPSA) is 66.9 Å². The van der Waals surface area contributed by atoms with Gasteiger partial charge in [0.05, 0.1) is 0 Å². The number of anilines is 1. The van der Waals surface area contributed by atoms with Crippen molar-refractivity contribution >= 4 is 11.7 Å². The van der Waals surface area contributed by atoms with E-state index in [-0.39, 0.29) is 17.4 Å². The molecule has 132 valence electrons. The van der Waals surface area contributed by atoms with Gasteiger partial charge in [-0.1, -0.05) is 48.0 Å². The highest BCUT2D eigenvalue weighted by molar-refractivity contribution is 5.92. The molecular weight excluding hydrogens is 331 g/mol. The Bertz CT molecular complexity index is 879. The van der Waals surface area contributed by atoms with Crippen LogP contribution in [0.5, 0.6) is 0 Å². The maximum absolute atomic E-state index is 13.6. The lowest BCUT2D eigenvalue weighted by molar-refractivity contribution is 0.0945. The van der Waals surface area contributed by atoms with Crippen LogP contribution in [0.4, 0.5) is 10.2 Å². The predicted molar refractivity (Wildman–Crippen MR) is 98.1 cm³/mol. The van der Waals surface area contributed by atoms with E-state index < -0.39 is 0 Å². The molecule has 2 N–H and O–H groups in total. The number of rotatable bonds is 6. The second-order valence-electron chi connectivity index (χ2n) is 5.92. The lowest BCUT2D eigenvalue weighted by atomic mass is 10.1. The van der Waals surface area contributed by atoms with Gasteiger partial charge in [0.2, 0.25) is 0 Å². The molecule has 0 fully saturated rings. The molecule has 0 saturated heterocycles. The summed E-state index contributed by atoms with van der Waals surface area (Å²) >= 11 is 0. The average molecular weight is 350 g/mol. The second-order valence-corrected chi connectivity index (χ2v) is 5.92. The third-order valence-corrected chi connectivity index (χ3v) is 3.89. The molecule has 0 aliphatic carbocycles. The quantitative estimate of drug-likeness (QED) is 0.714. The van der Waals surface area contributed by atoms with Crippen molar-refractivity contribution in [2.45, 2.75) is 20.0 Å². The predicted octanol–water partition coefficient (Wildman–Crippen LogP) is 3.47. The van der Waals surface area contributed by atoms with Crippen molar-refractivity contribution in [2.24, 2.45) is 0 Å². The zero-order valence-electron chi connectivity index (χ0n) is 14.4. The first-order chi connectivity index (χ1) is 12.6. The minimum absolute atomic E-state index is 0.230. The van der Waals surface area contributed by atoms with Crippen molar-refractivity contribution < 1.29 is 9.18 Å². The Morgan fingerprint density at radius 3 is 2.42 bits per heavy atom. The van der Waals surface area contributed by atoms with E-state index in [1.807, 2.05) is 31.2 Å². The summed E-state index contributed by atoms with van der Waals surface area (Å²) in [7, 11) is 0. The zero-order valence-corrected chi connectivity index (χ0v) is 14.4. The van der Waals surface area contributed by atoms with E-state index in [1.54, 1.807) is 30.3 Å². The first kappa shape index (κ1) is 17.5. The van der Waals surface area contributed by atoms with E-state index in [9.17, 15) is 9.18 Å². The smallest absolute Gasteiger partial charge is 0.272 e. The van der Waals surface area contributed by atoms with E-state index in [0.717, 1.165) is 5.56 Å². The van der Waals surface area contributed by atoms with Crippen molar-refractivity contribution in [1.29, 1.82) is 0 Å². The molecule has 0 radical (unpaired) electrons. The van der Waals surface area contributed by atoms with E-state index >= 15 is 0 Å². The summed E-state index contributed by atoms with van der Waals surface area (Å²) in [4.78, 5) is 12.1. The molecule has 2 aromatic carbocycles. The van der Waals surface area contributed by atoms with Gasteiger partial charge in [-0.3, -0.25) is 4.79 Å². The molecule has 0 saturated carbocycles. The molecule has 1 heterocycles. The number of nitrogens with one attached hydrogen (secondary N) is 2. The summed E-state index contributed by atoms with van der Waals surface area (Å²) in [6, 6.07) is 17.7. The van der Waals surface area contributed by atoms with E-state index in [2.05, 4.69) is 20.8 Å². The van der Waals surface area contributed by atoms with Crippen LogP contribution in [0, 0.1) is 12.7 Å². The number of benzene rings is 2. The molecule has 0 aliphatic heterocycles. The minimum Gasteiger partial charge on any atom is -0.364 e. The van der Waals surface area contributed by atoms with Crippen molar-refractivity contribution in [2.75, 3.05) is 5.32 Å². The van der Waals surface area contributed by atoms with Gasteiger partial charge in [0.1, 0.15) is 11.6 Å². The summed E-state index contributed by atoms with van der Waals surface area (Å²) in [6.07, 6.45) is 0. The van der Waals surface area contributed by atoms with Gasteiger partial charge in [0.25, 0.3) is 5.91 Å². The van der Waals surface area contributed by atoms with Crippen LogP contribution < -0.4 is 10.6 Å². The molecule has 0 atom stereocenters. The summed E-state index contributed by atoms with van der Waals surface area (Å²) in [5.74, 6) is -0.0953. The fraction of sp³-hybridized carbons (Fsp3) is 0.150. The molecule has 3 aromatic rings. The average Bonchev–Trinajstić information content (AvgIpc) is 2.67. The van der Waals surface area contributed by atoms with Gasteiger partial charge >= 0.3 is 0 Å². The molecule has 5 nitrogen and oxygen atoms in total. The molecule has 6 heteroatoms. The third kappa shape index (κ3) is 4.63. The van der Waals surface area contributed by atoms with Crippen LogP contribution in [0.15, 0.2) is 60.7 Å². The zero-order chi connectivity index (χ0) is 18.4. The molecule has 0 bridgehead atoms. The maximum atomic E-state index is 13.6. The van der Waals surface area contributed by atoms with E-state index in [1.165, 1.54) is 11.6 Å². The number of amides is 1. The number of aryl methyl sites for hydroxylation is 1. The third-order valence-electron chi connectivity index (χ3n) is 3.89. The summed E-state index contributed by atoms with van der Waals surface area (Å²) in [6.45, 7) is 2.73. The van der Waals surface area contributed by atoms with Gasteiger partial charge in [-0.15, -0.1) is 10.2 Å². The van der Waals surface area contributed by atoms with Crippen LogP contribution in [0.2, 0.25) is 0 Å². The number of aromatic nitrogens is 2. The lowest BCUT2D eigenvalue weighted by Gasteiger charge is -2.07. The number of halogens is 1. The Morgan fingerprint density at radius 1 is 0.962 bits per heavy atom. The summed E-state index contributed by atoms with van der Waals surface area (Å²) in [5, 5.41) is 13.7. The highest BCUT2D eigenvalue weighted by Crippen LogP contribution is 2.10. The van der Waals surface area contributed by atoms with Crippen molar-refractivity contribution in [1.82, 2.24) is 15.5 Å². The van der Waals surface area contributed by atoms with E-state index in [0.29, 0.717) is 24.5 Å². The van der Waals surface area contributed by atoms with Gasteiger partial charge < -0.3 is 10.6 Å². The van der Waals surface area contributed by atoms with Crippen LogP contribution >= 0.6 is 0 Å². The first-order valence-corrected chi connectivity index (χ1v) is 8.26. The van der Waals surface area contributed by atoms with Crippen molar-refractivity contribution in [3.8, 4) is 0 Å². The van der Waals surface area contributed by atoms with Crippen molar-refractivity contribution in [3.05, 3.63) is 88.9 Å². The van der Waals surface area contributed by atoms with Gasteiger partial charge in [0.15, 0.2) is 5.69 Å². The van der Waals surface area contributed by atoms with Crippen molar-refractivity contribution in [3.63, 3.8) is 0 Å². The van der Waals surface area contributed by atoms with Crippen LogP contribution in [0.3, 0.4) is 0 Å². The van der Waals surface area contributed by atoms with Gasteiger partial charge in [-0.05, 0) is 30.7 Å². The molecule has 0 aliphatic rings. The normalized spacial score (nSPS) is 10.4. The highest BCUT2D eigenvalue weighted by atomic mass is 19.1. The van der Waals surface area contributed by atoms with Gasteiger partial charge in [-0.25, -0.2) is 4.39 Å². The lowest BCUT2D eigenvalue weighted by Crippen LogP contribution is -2.24. The molecule has 26 heavy (non-hydrogen) atoms. The molecule has 1 amide bonds. The standard InChI is InChI=1S/C20H19FN4O/c1-14-6-8-15(9-7-14)12-23-20(26)18-10-11-19(25-24-18)22-13-16-4-2-3-5-17(16)21/h2-11H,12-13H2,1H3,(H,22,25)(H,23,26). The monoisotopic (exact) mass is 350 g/mol. The number of carbonyl (C=O) groups is 1. The molecule has 3 rings (SSSR count). The Morgan fingerprint density at radius 2 is 1.73 bits per heavy atom. The minimum atomic E-state index is -0.293. The number of hydrogen-bond acceptors (Lipinski definition) is 4.